The van der Waals surface area contributed by atoms with Crippen molar-refractivity contribution >= 4 is 0 Å². The third kappa shape index (κ3) is 2.53. The minimum Gasteiger partial charge on any atom is -0.427 e. The number of aromatic nitrogens is 3. The summed E-state index contributed by atoms with van der Waals surface area (Å²) in [5.41, 5.74) is 3.12. The van der Waals surface area contributed by atoms with Crippen LogP contribution in [0.15, 0.2) is 60.7 Å². The van der Waals surface area contributed by atoms with Gasteiger partial charge in [-0.2, -0.15) is 5.10 Å². The highest BCUT2D eigenvalue weighted by molar-refractivity contribution is 5.77. The summed E-state index contributed by atoms with van der Waals surface area (Å²) in [5, 5.41) is 2.78. The summed E-state index contributed by atoms with van der Waals surface area (Å²) in [6.45, 7) is 0. The van der Waals surface area contributed by atoms with Crippen molar-refractivity contribution in [3.63, 3.8) is 0 Å². The Morgan fingerprint density at radius 3 is 2.10 bits per heavy atom. The van der Waals surface area contributed by atoms with Gasteiger partial charge >= 0.3 is 6.01 Å². The first kappa shape index (κ1) is 13.1. The molecule has 0 spiro atoms. The summed E-state index contributed by atoms with van der Waals surface area (Å²) >= 11 is 0. The maximum atomic E-state index is 11.9. The largest absolute Gasteiger partial charge is 0.563 e. The van der Waals surface area contributed by atoms with Crippen LogP contribution in [0.4, 0.5) is 0 Å². The van der Waals surface area contributed by atoms with E-state index >= 15 is 0 Å². The number of H-pyrrole nitrogens is 1. The number of nitrogens with zero attached hydrogens (tertiary/aromatic N) is 2. The van der Waals surface area contributed by atoms with Crippen LogP contribution >= 0.6 is 0 Å². The summed E-state index contributed by atoms with van der Waals surface area (Å²) in [6, 6.07) is 19.3. The standard InChI is InChI=1S/C16H14N3O2/c1-21-16-17-14(12-8-4-2-5-9-12)15(18-19(16)20)13-10-6-3-7-11-13/h2-11H,1H3,(H,18,20)/q+1. The number of hydrogen-bond acceptors (Lipinski definition) is 3. The molecule has 0 fully saturated rings. The lowest BCUT2D eigenvalue weighted by Crippen LogP contribution is -2.25. The second-order valence-corrected chi connectivity index (χ2v) is 4.46. The Hall–Kier alpha value is -2.95. The smallest absolute Gasteiger partial charge is 0.427 e. The van der Waals surface area contributed by atoms with Gasteiger partial charge in [0, 0.05) is 16.1 Å². The fourth-order valence-electron chi connectivity index (χ4n) is 2.14. The first-order valence-corrected chi connectivity index (χ1v) is 6.51. The number of ether oxygens (including phenoxy) is 1. The fraction of sp³-hybridized carbons (Fsp3) is 0.0625. The van der Waals surface area contributed by atoms with Crippen LogP contribution < -0.4 is 9.28 Å². The highest BCUT2D eigenvalue weighted by Crippen LogP contribution is 2.28. The van der Waals surface area contributed by atoms with Crippen LogP contribution in [0.3, 0.4) is 0 Å². The SMILES string of the molecule is COc1nc(-c2ccccc2)c(-c2ccccc2)[nH][n+]1=O. The molecule has 0 radical (unpaired) electrons. The second-order valence-electron chi connectivity index (χ2n) is 4.46. The monoisotopic (exact) mass is 280 g/mol. The van der Waals surface area contributed by atoms with E-state index in [9.17, 15) is 4.91 Å². The molecule has 0 saturated heterocycles. The van der Waals surface area contributed by atoms with Gasteiger partial charge in [0.05, 0.1) is 7.11 Å². The van der Waals surface area contributed by atoms with Crippen molar-refractivity contribution in [3.05, 3.63) is 65.6 Å². The van der Waals surface area contributed by atoms with Gasteiger partial charge in [0.15, 0.2) is 0 Å². The molecule has 1 aromatic heterocycles. The van der Waals surface area contributed by atoms with Crippen LogP contribution in [0.5, 0.6) is 6.01 Å². The van der Waals surface area contributed by atoms with E-state index in [0.717, 1.165) is 11.1 Å². The van der Waals surface area contributed by atoms with Crippen molar-refractivity contribution in [2.45, 2.75) is 0 Å². The van der Waals surface area contributed by atoms with E-state index in [1.54, 1.807) is 0 Å². The molecule has 0 aliphatic rings. The molecule has 5 heteroatoms. The molecule has 104 valence electrons. The van der Waals surface area contributed by atoms with Crippen LogP contribution in [-0.4, -0.2) is 17.2 Å². The van der Waals surface area contributed by atoms with Crippen LogP contribution in [-0.2, 0) is 0 Å². The average Bonchev–Trinajstić information content (AvgIpc) is 2.56. The van der Waals surface area contributed by atoms with Gasteiger partial charge in [0.25, 0.3) is 0 Å². The van der Waals surface area contributed by atoms with Crippen LogP contribution in [0.1, 0.15) is 0 Å². The van der Waals surface area contributed by atoms with Gasteiger partial charge in [-0.1, -0.05) is 60.7 Å². The van der Waals surface area contributed by atoms with Crippen molar-refractivity contribution in [2.75, 3.05) is 7.11 Å². The lowest BCUT2D eigenvalue weighted by molar-refractivity contribution is -0.574. The molecule has 21 heavy (non-hydrogen) atoms. The number of aromatic amines is 1. The molecule has 0 amide bonds. The zero-order valence-corrected chi connectivity index (χ0v) is 11.5. The minimum atomic E-state index is -0.0199. The predicted molar refractivity (Wildman–Crippen MR) is 79.4 cm³/mol. The van der Waals surface area contributed by atoms with Crippen molar-refractivity contribution < 1.29 is 9.28 Å². The minimum absolute atomic E-state index is 0.0199. The maximum absolute atomic E-state index is 11.9. The Labute approximate surface area is 121 Å². The molecule has 1 heterocycles. The van der Waals surface area contributed by atoms with E-state index in [2.05, 4.69) is 10.1 Å². The first-order valence-electron chi connectivity index (χ1n) is 6.51. The average molecular weight is 280 g/mol. The quantitative estimate of drug-likeness (QED) is 0.750. The van der Waals surface area contributed by atoms with E-state index in [4.69, 9.17) is 4.74 Å². The Morgan fingerprint density at radius 2 is 1.52 bits per heavy atom. The van der Waals surface area contributed by atoms with E-state index in [-0.39, 0.29) is 6.01 Å². The first-order chi connectivity index (χ1) is 10.3. The number of benzene rings is 2. The molecule has 3 aromatic rings. The summed E-state index contributed by atoms with van der Waals surface area (Å²) in [7, 11) is 1.42. The number of rotatable bonds is 3. The summed E-state index contributed by atoms with van der Waals surface area (Å²) in [6.07, 6.45) is 0. The number of nitrogens with one attached hydrogen (secondary N) is 1. The van der Waals surface area contributed by atoms with E-state index in [1.807, 2.05) is 60.7 Å². The molecule has 0 unspecified atom stereocenters. The Bertz CT molecular complexity index is 799. The molecule has 2 aromatic carbocycles. The number of hydrogen-bond donors (Lipinski definition) is 1. The Balaban J connectivity index is 2.28. The molecular formula is C16H14N3O2+. The lowest BCUT2D eigenvalue weighted by Gasteiger charge is -2.03. The molecule has 1 N–H and O–H groups in total. The van der Waals surface area contributed by atoms with E-state index in [0.29, 0.717) is 15.9 Å². The molecule has 0 bridgehead atoms. The number of methoxy groups -OCH3 is 1. The van der Waals surface area contributed by atoms with Crippen LogP contribution in [0, 0.1) is 4.91 Å². The fourth-order valence-corrected chi connectivity index (χ4v) is 2.14. The van der Waals surface area contributed by atoms with Gasteiger partial charge in [-0.05, 0) is 4.91 Å². The third-order valence-electron chi connectivity index (χ3n) is 3.12. The molecule has 0 atom stereocenters. The van der Waals surface area contributed by atoms with Gasteiger partial charge in [0.1, 0.15) is 10.2 Å². The highest BCUT2D eigenvalue weighted by atomic mass is 16.5. The predicted octanol–water partition coefficient (Wildman–Crippen LogP) is 2.67. The van der Waals surface area contributed by atoms with E-state index in [1.165, 1.54) is 7.11 Å². The van der Waals surface area contributed by atoms with Gasteiger partial charge in [0.2, 0.25) is 5.69 Å². The highest BCUT2D eigenvalue weighted by Gasteiger charge is 2.22. The molecule has 0 aliphatic heterocycles. The summed E-state index contributed by atoms with van der Waals surface area (Å²) in [4.78, 5) is 16.2. The maximum Gasteiger partial charge on any atom is 0.563 e. The zero-order valence-electron chi connectivity index (χ0n) is 11.5. The van der Waals surface area contributed by atoms with Gasteiger partial charge < -0.3 is 4.74 Å². The summed E-state index contributed by atoms with van der Waals surface area (Å²) in [5.74, 6) is 0. The Kier molecular flexibility index (Phi) is 3.47. The van der Waals surface area contributed by atoms with Gasteiger partial charge in [-0.3, -0.25) is 0 Å². The molecule has 0 aliphatic carbocycles. The zero-order chi connectivity index (χ0) is 14.7. The lowest BCUT2D eigenvalue weighted by atomic mass is 10.0. The Morgan fingerprint density at radius 1 is 0.952 bits per heavy atom. The van der Waals surface area contributed by atoms with Crippen molar-refractivity contribution in [2.24, 2.45) is 0 Å². The molecular weight excluding hydrogens is 266 g/mol. The van der Waals surface area contributed by atoms with E-state index < -0.39 is 0 Å². The topological polar surface area (TPSA) is 60.9 Å². The van der Waals surface area contributed by atoms with Crippen molar-refractivity contribution in [3.8, 4) is 28.5 Å². The van der Waals surface area contributed by atoms with Crippen molar-refractivity contribution in [1.29, 1.82) is 0 Å². The van der Waals surface area contributed by atoms with Crippen LogP contribution in [0.2, 0.25) is 0 Å². The molecule has 5 nitrogen and oxygen atoms in total. The molecule has 3 rings (SSSR count). The van der Waals surface area contributed by atoms with Crippen LogP contribution in [0.25, 0.3) is 22.5 Å². The van der Waals surface area contributed by atoms with Gasteiger partial charge in [-0.15, -0.1) is 0 Å². The third-order valence-corrected chi connectivity index (χ3v) is 3.12. The molecule has 0 saturated carbocycles. The normalized spacial score (nSPS) is 10.3. The second kappa shape index (κ2) is 5.58. The summed E-state index contributed by atoms with van der Waals surface area (Å²) < 4.78 is 5.53. The van der Waals surface area contributed by atoms with Crippen molar-refractivity contribution in [1.82, 2.24) is 10.1 Å². The van der Waals surface area contributed by atoms with Gasteiger partial charge in [-0.25, -0.2) is 0 Å².